The van der Waals surface area contributed by atoms with Crippen LogP contribution in [0.3, 0.4) is 0 Å². The maximum atomic E-state index is 12.2. The molecule has 0 fully saturated rings. The summed E-state index contributed by atoms with van der Waals surface area (Å²) in [5, 5.41) is 20.0. The molecule has 116 valence electrons. The van der Waals surface area contributed by atoms with Gasteiger partial charge in [-0.15, -0.1) is 0 Å². The minimum Gasteiger partial charge on any atom is -0.468 e. The second kappa shape index (κ2) is 7.03. The van der Waals surface area contributed by atoms with E-state index in [0.717, 1.165) is 4.47 Å². The van der Waals surface area contributed by atoms with Crippen LogP contribution in [0.2, 0.25) is 0 Å². The van der Waals surface area contributed by atoms with E-state index in [9.17, 15) is 14.9 Å². The Hall–Kier alpha value is -2.72. The Balaban J connectivity index is 2.57. The van der Waals surface area contributed by atoms with Gasteiger partial charge in [0.2, 0.25) is 0 Å². The van der Waals surface area contributed by atoms with Crippen LogP contribution in [0.15, 0.2) is 46.9 Å². The molecule has 0 aliphatic carbocycles. The second-order valence-electron chi connectivity index (χ2n) is 4.65. The molecule has 2 aromatic rings. The van der Waals surface area contributed by atoms with Crippen molar-refractivity contribution in [1.82, 2.24) is 0 Å². The Morgan fingerprint density at radius 1 is 1.26 bits per heavy atom. The molecule has 0 radical (unpaired) electrons. The lowest BCUT2D eigenvalue weighted by Gasteiger charge is -2.16. The molecule has 0 saturated carbocycles. The first-order valence-electron chi connectivity index (χ1n) is 6.49. The zero-order valence-electron chi connectivity index (χ0n) is 12.0. The van der Waals surface area contributed by atoms with Gasteiger partial charge in [-0.25, -0.2) is 0 Å². The number of ether oxygens (including phenoxy) is 1. The number of benzene rings is 2. The Morgan fingerprint density at radius 2 is 1.87 bits per heavy atom. The molecular formula is C16H11BrN2O4. The number of nitrogens with zero attached hydrogens (tertiary/aromatic N) is 2. The van der Waals surface area contributed by atoms with Crippen molar-refractivity contribution in [3.63, 3.8) is 0 Å². The van der Waals surface area contributed by atoms with Crippen LogP contribution in [0.5, 0.6) is 0 Å². The minimum atomic E-state index is -0.763. The van der Waals surface area contributed by atoms with Gasteiger partial charge in [-0.2, -0.15) is 5.26 Å². The van der Waals surface area contributed by atoms with Crippen molar-refractivity contribution < 1.29 is 14.5 Å². The highest BCUT2D eigenvalue weighted by Gasteiger charge is 2.26. The quantitative estimate of drug-likeness (QED) is 0.463. The van der Waals surface area contributed by atoms with Crippen molar-refractivity contribution in [3.05, 3.63) is 73.7 Å². The lowest BCUT2D eigenvalue weighted by Crippen LogP contribution is -2.16. The number of halogens is 1. The Bertz CT molecular complexity index is 797. The van der Waals surface area contributed by atoms with Crippen LogP contribution >= 0.6 is 15.9 Å². The first-order valence-corrected chi connectivity index (χ1v) is 7.29. The van der Waals surface area contributed by atoms with Gasteiger partial charge in [0.1, 0.15) is 17.6 Å². The number of methoxy groups -OCH3 is 1. The molecule has 23 heavy (non-hydrogen) atoms. The number of esters is 1. The highest BCUT2D eigenvalue weighted by Crippen LogP contribution is 2.30. The summed E-state index contributed by atoms with van der Waals surface area (Å²) in [5.74, 6) is -1.27. The summed E-state index contributed by atoms with van der Waals surface area (Å²) >= 11 is 3.32. The standard InChI is InChI=1S/C16H11BrN2O4/c1-23-16(20)15(10-2-5-13(17)6-3-10)11-4-7-14(19(21)22)12(8-11)9-18/h2-8,15H,1H3/t15-/m0/s1. The number of nitro benzene ring substituents is 1. The third kappa shape index (κ3) is 3.55. The van der Waals surface area contributed by atoms with Gasteiger partial charge < -0.3 is 4.74 Å². The summed E-state index contributed by atoms with van der Waals surface area (Å²) in [6.45, 7) is 0. The van der Waals surface area contributed by atoms with Gasteiger partial charge in [-0.05, 0) is 29.3 Å². The van der Waals surface area contributed by atoms with Crippen molar-refractivity contribution in [1.29, 1.82) is 5.26 Å². The van der Waals surface area contributed by atoms with E-state index in [0.29, 0.717) is 11.1 Å². The molecule has 0 heterocycles. The smallest absolute Gasteiger partial charge is 0.317 e. The molecule has 0 aromatic heterocycles. The number of carbonyl (C=O) groups is 1. The van der Waals surface area contributed by atoms with Crippen LogP contribution in [-0.2, 0) is 9.53 Å². The maximum absolute atomic E-state index is 12.2. The average molecular weight is 375 g/mol. The van der Waals surface area contributed by atoms with Gasteiger partial charge in [0.15, 0.2) is 0 Å². The molecule has 6 nitrogen and oxygen atoms in total. The number of carbonyl (C=O) groups excluding carboxylic acids is 1. The molecular weight excluding hydrogens is 364 g/mol. The van der Waals surface area contributed by atoms with Gasteiger partial charge >= 0.3 is 5.97 Å². The molecule has 0 N–H and O–H groups in total. The largest absolute Gasteiger partial charge is 0.468 e. The number of rotatable bonds is 4. The van der Waals surface area contributed by atoms with Crippen LogP contribution in [0, 0.1) is 21.4 Å². The number of hydrogen-bond acceptors (Lipinski definition) is 5. The first-order chi connectivity index (χ1) is 11.0. The average Bonchev–Trinajstić information content (AvgIpc) is 2.56. The Labute approximate surface area is 140 Å². The van der Waals surface area contributed by atoms with E-state index in [1.165, 1.54) is 25.3 Å². The molecule has 0 spiro atoms. The molecule has 0 unspecified atom stereocenters. The van der Waals surface area contributed by atoms with Crippen molar-refractivity contribution in [2.75, 3.05) is 7.11 Å². The fourth-order valence-electron chi connectivity index (χ4n) is 2.22. The molecule has 0 aliphatic rings. The molecule has 7 heteroatoms. The maximum Gasteiger partial charge on any atom is 0.317 e. The van der Waals surface area contributed by atoms with Crippen molar-refractivity contribution in [2.24, 2.45) is 0 Å². The highest BCUT2D eigenvalue weighted by atomic mass is 79.9. The molecule has 0 saturated heterocycles. The van der Waals surface area contributed by atoms with Crippen molar-refractivity contribution in [2.45, 2.75) is 5.92 Å². The predicted molar refractivity (Wildman–Crippen MR) is 85.8 cm³/mol. The van der Waals surface area contributed by atoms with E-state index < -0.39 is 16.8 Å². The lowest BCUT2D eigenvalue weighted by atomic mass is 9.90. The molecule has 1 atom stereocenters. The fraction of sp³-hybridized carbons (Fsp3) is 0.125. The van der Waals surface area contributed by atoms with Gasteiger partial charge in [-0.3, -0.25) is 14.9 Å². The topological polar surface area (TPSA) is 93.2 Å². The molecule has 2 aromatic carbocycles. The predicted octanol–water partition coefficient (Wildman–Crippen LogP) is 3.53. The summed E-state index contributed by atoms with van der Waals surface area (Å²) in [7, 11) is 1.27. The van der Waals surface area contributed by atoms with Gasteiger partial charge in [0, 0.05) is 10.5 Å². The zero-order valence-corrected chi connectivity index (χ0v) is 13.6. The van der Waals surface area contributed by atoms with E-state index in [-0.39, 0.29) is 11.3 Å². The second-order valence-corrected chi connectivity index (χ2v) is 5.57. The summed E-state index contributed by atoms with van der Waals surface area (Å²) in [6.07, 6.45) is 0. The molecule has 0 aliphatic heterocycles. The fourth-order valence-corrected chi connectivity index (χ4v) is 2.48. The van der Waals surface area contributed by atoms with Crippen LogP contribution in [-0.4, -0.2) is 18.0 Å². The first kappa shape index (κ1) is 16.6. The van der Waals surface area contributed by atoms with E-state index >= 15 is 0 Å². The summed E-state index contributed by atoms with van der Waals surface area (Å²) in [4.78, 5) is 22.5. The van der Waals surface area contributed by atoms with Crippen LogP contribution in [0.4, 0.5) is 5.69 Å². The number of nitro groups is 1. The minimum absolute atomic E-state index is 0.0986. The van der Waals surface area contributed by atoms with Crippen LogP contribution < -0.4 is 0 Å². The Kier molecular flexibility index (Phi) is 5.09. The number of hydrogen-bond donors (Lipinski definition) is 0. The normalized spacial score (nSPS) is 11.3. The SMILES string of the molecule is COC(=O)[C@@H](c1ccc(Br)cc1)c1ccc([N+](=O)[O-])c(C#N)c1. The van der Waals surface area contributed by atoms with Crippen molar-refractivity contribution in [3.8, 4) is 6.07 Å². The van der Waals surface area contributed by atoms with Gasteiger partial charge in [-0.1, -0.05) is 34.1 Å². The monoisotopic (exact) mass is 374 g/mol. The summed E-state index contributed by atoms with van der Waals surface area (Å²) in [6, 6.07) is 12.9. The highest BCUT2D eigenvalue weighted by molar-refractivity contribution is 9.10. The lowest BCUT2D eigenvalue weighted by molar-refractivity contribution is -0.385. The van der Waals surface area contributed by atoms with Crippen LogP contribution in [0.1, 0.15) is 22.6 Å². The zero-order chi connectivity index (χ0) is 17.0. The van der Waals surface area contributed by atoms with Crippen molar-refractivity contribution >= 4 is 27.6 Å². The third-order valence-corrected chi connectivity index (χ3v) is 3.84. The van der Waals surface area contributed by atoms with Gasteiger partial charge in [0.25, 0.3) is 5.69 Å². The molecule has 0 bridgehead atoms. The summed E-state index contributed by atoms with van der Waals surface area (Å²) < 4.78 is 5.69. The Morgan fingerprint density at radius 3 is 2.39 bits per heavy atom. The molecule has 0 amide bonds. The van der Waals surface area contributed by atoms with E-state index in [4.69, 9.17) is 10.00 Å². The van der Waals surface area contributed by atoms with E-state index in [1.54, 1.807) is 30.3 Å². The van der Waals surface area contributed by atoms with Crippen LogP contribution in [0.25, 0.3) is 0 Å². The third-order valence-electron chi connectivity index (χ3n) is 3.31. The summed E-state index contributed by atoms with van der Waals surface area (Å²) in [5.41, 5.74) is 0.730. The van der Waals surface area contributed by atoms with E-state index in [2.05, 4.69) is 15.9 Å². The van der Waals surface area contributed by atoms with E-state index in [1.807, 2.05) is 0 Å². The number of nitriles is 1. The van der Waals surface area contributed by atoms with Gasteiger partial charge in [0.05, 0.1) is 12.0 Å². The molecule has 2 rings (SSSR count).